The number of carbonyl (C=O) groups excluding carboxylic acids is 13. The smallest absolute Gasteiger partial charge is 0.327 e. The molecule has 3 rings (SSSR count). The average Bonchev–Trinajstić information content (AvgIpc) is 1.82. The number of amides is 13. The summed E-state index contributed by atoms with van der Waals surface area (Å²) in [5.74, 6) is -18.9. The predicted octanol–water partition coefficient (Wildman–Crippen LogP) is -3.16. The van der Waals surface area contributed by atoms with E-state index < -0.39 is 228 Å². The van der Waals surface area contributed by atoms with Gasteiger partial charge in [-0.25, -0.2) is 9.78 Å². The number of nitrogens with zero attached hydrogens (tertiary/aromatic N) is 3. The van der Waals surface area contributed by atoms with E-state index in [1.807, 2.05) is 13.8 Å². The number of guanidine groups is 1. The Morgan fingerprint density at radius 1 is 0.539 bits per heavy atom. The third-order valence-electron chi connectivity index (χ3n) is 19.7. The molecule has 2 heterocycles. The van der Waals surface area contributed by atoms with Gasteiger partial charge in [-0.05, 0) is 106 Å². The number of phenols is 1. The first-order chi connectivity index (χ1) is 53.9. The van der Waals surface area contributed by atoms with Gasteiger partial charge in [0.1, 0.15) is 84.3 Å². The summed E-state index contributed by atoms with van der Waals surface area (Å²) < 4.78 is 0. The lowest BCUT2D eigenvalue weighted by Crippen LogP contribution is -2.63. The number of aliphatic carboxylic acids is 2. The second-order valence-corrected chi connectivity index (χ2v) is 31.0. The maximum absolute atomic E-state index is 14.8. The minimum Gasteiger partial charge on any atom is -0.508 e. The van der Waals surface area contributed by atoms with Crippen molar-refractivity contribution < 1.29 is 97.5 Å². The number of rotatable bonds is 49. The molecule has 1 saturated heterocycles. The number of likely N-dealkylation sites (tertiary alicyclic amines) is 1. The highest BCUT2D eigenvalue weighted by atomic mass is 32.1. The Morgan fingerprint density at radius 3 is 1.42 bits per heavy atom. The molecular weight excluding hydrogens is 1520 g/mol. The number of aromatic amines is 1. The largest absolute Gasteiger partial charge is 0.508 e. The van der Waals surface area contributed by atoms with Crippen molar-refractivity contribution in [1.82, 2.24) is 78.7 Å². The predicted molar refractivity (Wildman–Crippen MR) is 424 cm³/mol. The number of aromatic nitrogens is 2. The summed E-state index contributed by atoms with van der Waals surface area (Å²) in [5.41, 5.74) is 18.0. The molecule has 0 spiro atoms. The third kappa shape index (κ3) is 32.2. The number of thiol groups is 1. The fourth-order valence-corrected chi connectivity index (χ4v) is 12.5. The van der Waals surface area contributed by atoms with Crippen LogP contribution in [0.1, 0.15) is 166 Å². The fraction of sp³-hybridized carbons (Fsp3) is 0.667. The van der Waals surface area contributed by atoms with Crippen LogP contribution in [0.4, 0.5) is 0 Å². The first-order valence-corrected chi connectivity index (χ1v) is 39.4. The standard InChI is InChI=1S/C75H123N19O20S/c1-15-39(11)54(76)73(112)94-28-18-20-52(94)66(105)91-58(40(12)16-2)70(109)83-46(19-17-27-80-75(77)78)61(100)88-55(36(5)6)67(106)85-49(30-43-21-23-45(97)24-22-43)65(104)92-59(41(13)95)71(110)86-50(31-44-32-79-34-81-44)64(103)82-47(25-26-53(98)99)62(101)89-56(37(7)8)68(107)90-57(38(9)10)69(108)93-60(42(14)96)72(111)84-48(29-35(3)4)63(102)87-51(33-115)74(113)114/h21-24,32,34-42,46-52,54-60,95-97,115H,15-20,25-31,33,76H2,1-14H3,(H,79,81)(H,82,103)(H,83,109)(H,84,111)(H,85,106)(H,86,110)(H,87,102)(H,88,100)(H,89,101)(H,90,107)(H,91,105)(H,92,104)(H,93,108)(H,98,99)(H,113,114)(H4,77,78,80)/t39-,40-,41+,42+,46-,47-,48-,49-,50-,51-,52-,54-,55-,56-,57-,58-,59-,60-/m0/s1. The van der Waals surface area contributed by atoms with Gasteiger partial charge in [-0.2, -0.15) is 12.6 Å². The normalized spacial score (nSPS) is 17.2. The number of nitrogens with one attached hydrogen (secondary N) is 13. The molecule has 1 aromatic heterocycles. The number of H-pyrrole nitrogens is 1. The lowest BCUT2D eigenvalue weighted by Gasteiger charge is -2.32. The number of hydrogen-bond acceptors (Lipinski definition) is 22. The Kier molecular flexibility index (Phi) is 41.5. The molecule has 0 aliphatic carbocycles. The van der Waals surface area contributed by atoms with E-state index >= 15 is 0 Å². The summed E-state index contributed by atoms with van der Waals surface area (Å²) in [6.07, 6.45) is -1.27. The average molecular weight is 1640 g/mol. The number of carboxylic acid groups (broad SMARTS) is 2. The number of aliphatic hydroxyl groups is 2. The van der Waals surface area contributed by atoms with Crippen molar-refractivity contribution >= 4 is 107 Å². The summed E-state index contributed by atoms with van der Waals surface area (Å²) >= 11 is 3.97. The summed E-state index contributed by atoms with van der Waals surface area (Å²) in [5, 5.41) is 82.1. The number of hydrogen-bond donors (Lipinski definition) is 22. The van der Waals surface area contributed by atoms with Gasteiger partial charge in [-0.15, -0.1) is 0 Å². The van der Waals surface area contributed by atoms with Crippen LogP contribution < -0.4 is 81.0 Å². The van der Waals surface area contributed by atoms with E-state index in [-0.39, 0.29) is 73.8 Å². The number of phenolic OH excluding ortho intramolecular Hbond substituents is 1. The molecule has 0 radical (unpaired) electrons. The van der Waals surface area contributed by atoms with Gasteiger partial charge in [0, 0.05) is 50.0 Å². The van der Waals surface area contributed by atoms with Gasteiger partial charge >= 0.3 is 11.9 Å². The highest BCUT2D eigenvalue weighted by molar-refractivity contribution is 7.80. The molecule has 40 heteroatoms. The molecule has 644 valence electrons. The number of aliphatic hydroxyl groups excluding tert-OH is 2. The molecule has 115 heavy (non-hydrogen) atoms. The number of benzene rings is 1. The lowest BCUT2D eigenvalue weighted by molar-refractivity contribution is -0.142. The van der Waals surface area contributed by atoms with Crippen LogP contribution in [0.25, 0.3) is 0 Å². The van der Waals surface area contributed by atoms with Crippen LogP contribution in [-0.2, 0) is 84.8 Å². The molecule has 0 saturated carbocycles. The molecule has 0 bridgehead atoms. The molecule has 13 amide bonds. The second kappa shape index (κ2) is 48.2. The molecule has 1 aliphatic heterocycles. The summed E-state index contributed by atoms with van der Waals surface area (Å²) in [6, 6.07) is -15.2. The van der Waals surface area contributed by atoms with Crippen LogP contribution in [0.3, 0.4) is 0 Å². The van der Waals surface area contributed by atoms with Crippen LogP contribution in [0.5, 0.6) is 5.75 Å². The van der Waals surface area contributed by atoms with Crippen molar-refractivity contribution in [2.75, 3.05) is 18.8 Å². The van der Waals surface area contributed by atoms with Gasteiger partial charge in [0.25, 0.3) is 0 Å². The van der Waals surface area contributed by atoms with E-state index in [4.69, 9.17) is 17.2 Å². The van der Waals surface area contributed by atoms with E-state index in [0.717, 1.165) is 6.92 Å². The molecule has 18 atom stereocenters. The van der Waals surface area contributed by atoms with Gasteiger partial charge < -0.3 is 116 Å². The van der Waals surface area contributed by atoms with Crippen LogP contribution >= 0.6 is 12.6 Å². The van der Waals surface area contributed by atoms with Crippen molar-refractivity contribution in [1.29, 1.82) is 0 Å². The maximum atomic E-state index is 14.8. The van der Waals surface area contributed by atoms with Gasteiger partial charge in [0.15, 0.2) is 5.96 Å². The van der Waals surface area contributed by atoms with E-state index in [1.165, 1.54) is 76.3 Å². The van der Waals surface area contributed by atoms with E-state index in [0.29, 0.717) is 31.2 Å². The number of aromatic hydroxyl groups is 1. The van der Waals surface area contributed by atoms with Crippen LogP contribution in [0.2, 0.25) is 0 Å². The zero-order valence-corrected chi connectivity index (χ0v) is 68.8. The first kappa shape index (κ1) is 99.0. The topological polar surface area (TPSA) is 624 Å². The Hall–Kier alpha value is -10.2. The molecule has 39 nitrogen and oxygen atoms in total. The van der Waals surface area contributed by atoms with Crippen LogP contribution in [-0.4, -0.2) is 251 Å². The highest BCUT2D eigenvalue weighted by Gasteiger charge is 2.43. The van der Waals surface area contributed by atoms with Gasteiger partial charge in [0.05, 0.1) is 24.6 Å². The summed E-state index contributed by atoms with van der Waals surface area (Å²) in [6.45, 7) is 22.5. The van der Waals surface area contributed by atoms with Crippen molar-refractivity contribution in [3.8, 4) is 5.75 Å². The molecule has 1 aromatic carbocycles. The van der Waals surface area contributed by atoms with E-state index in [1.54, 1.807) is 41.5 Å². The number of aliphatic imine (C=N–C) groups is 1. The van der Waals surface area contributed by atoms with Gasteiger partial charge in [0.2, 0.25) is 76.8 Å². The van der Waals surface area contributed by atoms with Crippen molar-refractivity contribution in [2.45, 2.75) is 264 Å². The van der Waals surface area contributed by atoms with Gasteiger partial charge in [-0.1, -0.05) is 108 Å². The van der Waals surface area contributed by atoms with Crippen molar-refractivity contribution in [3.63, 3.8) is 0 Å². The Labute approximate surface area is 675 Å². The summed E-state index contributed by atoms with van der Waals surface area (Å²) in [4.78, 5) is 222. The second-order valence-electron chi connectivity index (χ2n) is 30.7. The minimum atomic E-state index is -1.97. The van der Waals surface area contributed by atoms with E-state index in [2.05, 4.69) is 91.4 Å². The minimum absolute atomic E-state index is 0.00196. The Balaban J connectivity index is 1.98. The van der Waals surface area contributed by atoms with Crippen LogP contribution in [0.15, 0.2) is 41.8 Å². The quantitative estimate of drug-likeness (QED) is 0.0135. The lowest BCUT2D eigenvalue weighted by atomic mass is 9.96. The SMILES string of the molecule is CC[C@H](C)[C@H](N)C(=O)N1CCC[C@H]1C(=O)N[C@H](C(=O)N[C@@H](CCCN=C(N)N)C(=O)N[C@H](C(=O)N[C@@H](Cc1ccc(O)cc1)C(=O)N[C@H](C(=O)N[C@@H](Cc1cnc[nH]1)C(=O)N[C@@H](CCC(=O)O)C(=O)N[C@H](C(=O)N[C@H](C(=O)N[C@H](C(=O)N[C@@H](CC(C)C)C(=O)N[C@@H](CS)C(=O)O)[C@@H](C)O)C(C)C)C(C)C)[C@@H](C)O)C(C)C)[C@@H](C)CC. The van der Waals surface area contributed by atoms with Gasteiger partial charge in [-0.3, -0.25) is 72.1 Å². The first-order valence-electron chi connectivity index (χ1n) is 38.8. The number of nitrogens with two attached hydrogens (primary N) is 3. The third-order valence-corrected chi connectivity index (χ3v) is 20.0. The molecule has 2 aromatic rings. The fourth-order valence-electron chi connectivity index (χ4n) is 12.3. The maximum Gasteiger partial charge on any atom is 0.327 e. The summed E-state index contributed by atoms with van der Waals surface area (Å²) in [7, 11) is 0. The Bertz CT molecular complexity index is 3640. The monoisotopic (exact) mass is 1640 g/mol. The van der Waals surface area contributed by atoms with Crippen molar-refractivity contribution in [3.05, 3.63) is 48.0 Å². The molecule has 1 fully saturated rings. The Morgan fingerprint density at radius 2 is 0.957 bits per heavy atom. The molecule has 0 unspecified atom stereocenters. The highest BCUT2D eigenvalue weighted by Crippen LogP contribution is 2.23. The van der Waals surface area contributed by atoms with E-state index in [9.17, 15) is 97.5 Å². The zero-order chi connectivity index (χ0) is 87.0. The molecular formula is C75H123N19O20S. The number of imidazole rings is 1. The number of carbonyl (C=O) groups is 15. The molecule has 24 N–H and O–H groups in total. The van der Waals surface area contributed by atoms with Crippen LogP contribution in [0, 0.1) is 35.5 Å². The zero-order valence-electron chi connectivity index (χ0n) is 67.9. The molecule has 1 aliphatic rings. The van der Waals surface area contributed by atoms with Crippen molar-refractivity contribution in [2.24, 2.45) is 57.7 Å². The number of carboxylic acids is 2.